The van der Waals surface area contributed by atoms with Crippen LogP contribution in [-0.4, -0.2) is 44.5 Å². The van der Waals surface area contributed by atoms with Crippen molar-refractivity contribution in [3.8, 4) is 0 Å². The van der Waals surface area contributed by atoms with Crippen LogP contribution in [0.4, 0.5) is 22.0 Å². The van der Waals surface area contributed by atoms with E-state index in [1.165, 1.54) is 6.92 Å². The lowest BCUT2D eigenvalue weighted by molar-refractivity contribution is -0.364. The molecule has 0 amide bonds. The van der Waals surface area contributed by atoms with E-state index in [2.05, 4.69) is 17.1 Å². The predicted octanol–water partition coefficient (Wildman–Crippen LogP) is 9.36. The van der Waals surface area contributed by atoms with Crippen LogP contribution in [0.5, 0.6) is 0 Å². The van der Waals surface area contributed by atoms with Crippen molar-refractivity contribution < 1.29 is 31.9 Å². The molecule has 0 aliphatic heterocycles. The molecular weight excluding hydrogens is 603 g/mol. The summed E-state index contributed by atoms with van der Waals surface area (Å²) in [7, 11) is 0. The number of nitrogens with zero attached hydrogens (tertiary/aromatic N) is 2. The van der Waals surface area contributed by atoms with Crippen molar-refractivity contribution >= 4 is 28.9 Å². The van der Waals surface area contributed by atoms with Gasteiger partial charge in [0.1, 0.15) is 10.6 Å². The summed E-state index contributed by atoms with van der Waals surface area (Å²) in [5.74, 6) is -4.21. The molecule has 1 aromatic rings. The highest BCUT2D eigenvalue weighted by Gasteiger charge is 2.79. The molecule has 4 aliphatic rings. The first-order valence-corrected chi connectivity index (χ1v) is 17.8. The monoisotopic (exact) mass is 648 g/mol. The first-order chi connectivity index (χ1) is 20.1. The lowest BCUT2D eigenvalue weighted by atomic mass is 9.43. The van der Waals surface area contributed by atoms with E-state index < -0.39 is 35.5 Å². The van der Waals surface area contributed by atoms with E-state index in [0.29, 0.717) is 25.7 Å². The number of unbranched alkanes of at least 4 members (excludes halogenated alkanes) is 5. The smallest absolute Gasteiger partial charge is 0.383 e. The Hall–Kier alpha value is -1.07. The molecule has 5 rings (SSSR count). The highest BCUT2D eigenvalue weighted by molar-refractivity contribution is 8.01. The number of halogens is 5. The first kappa shape index (κ1) is 33.3. The number of aryl methyl sites for hydroxylation is 1. The number of rotatable bonds is 11. The third kappa shape index (κ3) is 5.85. The minimum Gasteiger partial charge on any atom is -0.383 e. The second-order valence-electron chi connectivity index (χ2n) is 14.1. The fourth-order valence-electron chi connectivity index (χ4n) is 9.48. The van der Waals surface area contributed by atoms with Crippen molar-refractivity contribution in [1.82, 2.24) is 10.2 Å². The van der Waals surface area contributed by atoms with Gasteiger partial charge >= 0.3 is 12.1 Å². The van der Waals surface area contributed by atoms with Gasteiger partial charge in [-0.1, -0.05) is 74.6 Å². The van der Waals surface area contributed by atoms with Crippen molar-refractivity contribution in [3.05, 3.63) is 16.7 Å². The summed E-state index contributed by atoms with van der Waals surface area (Å²) in [5.41, 5.74) is -3.71. The van der Waals surface area contributed by atoms with Gasteiger partial charge in [-0.05, 0) is 93.5 Å². The Morgan fingerprint density at radius 3 is 2.33 bits per heavy atom. The first-order valence-electron chi connectivity index (χ1n) is 16.0. The van der Waals surface area contributed by atoms with Crippen LogP contribution in [0.15, 0.2) is 16.0 Å². The van der Waals surface area contributed by atoms with Gasteiger partial charge in [0.2, 0.25) is 0 Å². The van der Waals surface area contributed by atoms with Crippen LogP contribution < -0.4 is 0 Å². The largest absolute Gasteiger partial charge is 0.456 e. The minimum absolute atomic E-state index is 0.0341. The van der Waals surface area contributed by atoms with Gasteiger partial charge in [0.25, 0.3) is 0 Å². The Balaban J connectivity index is 1.24. The van der Waals surface area contributed by atoms with Crippen LogP contribution in [0, 0.1) is 41.4 Å². The van der Waals surface area contributed by atoms with Gasteiger partial charge < -0.3 is 5.11 Å². The Bertz CT molecular complexity index is 1200. The number of alkyl halides is 5. The number of fused-ring (bicyclic) bond motifs is 5. The van der Waals surface area contributed by atoms with Crippen LogP contribution in [0.2, 0.25) is 0 Å². The normalized spacial score (nSPS) is 36.2. The SMILES string of the molecule is Cc1nnc(SCCCCCCCCC2CC3=CC(=O)CC[C@]3(C)[C@@H]3CC[C@@]4(C)[C@@H](CCC4(O)C(F)(F)C(F)(F)F)[C@H]23)s1. The van der Waals surface area contributed by atoms with Crippen molar-refractivity contribution in [2.24, 2.45) is 34.5 Å². The average Bonchev–Trinajstić information content (AvgIpc) is 3.48. The minimum atomic E-state index is -5.80. The van der Waals surface area contributed by atoms with Crippen molar-refractivity contribution in [1.29, 1.82) is 0 Å². The molecule has 2 unspecified atom stereocenters. The lowest BCUT2D eigenvalue weighted by Crippen LogP contribution is -2.66. The zero-order chi connectivity index (χ0) is 31.3. The summed E-state index contributed by atoms with van der Waals surface area (Å²) < 4.78 is 72.0. The molecule has 0 radical (unpaired) electrons. The fraction of sp³-hybridized carbons (Fsp3) is 0.844. The molecular formula is C32H45F5N2O2S2. The van der Waals surface area contributed by atoms with E-state index >= 15 is 8.78 Å². The number of allylic oxidation sites excluding steroid dienone is 1. The van der Waals surface area contributed by atoms with Crippen LogP contribution >= 0.6 is 23.1 Å². The van der Waals surface area contributed by atoms with E-state index in [1.807, 2.05) is 13.0 Å². The van der Waals surface area contributed by atoms with Gasteiger partial charge in [-0.3, -0.25) is 4.79 Å². The van der Waals surface area contributed by atoms with E-state index in [4.69, 9.17) is 0 Å². The molecule has 0 spiro atoms. The highest BCUT2D eigenvalue weighted by atomic mass is 32.2. The molecule has 4 aliphatic carbocycles. The number of carbonyl (C=O) groups excluding carboxylic acids is 1. The van der Waals surface area contributed by atoms with Gasteiger partial charge in [-0.25, -0.2) is 0 Å². The number of carbonyl (C=O) groups is 1. The Morgan fingerprint density at radius 2 is 1.65 bits per heavy atom. The highest BCUT2D eigenvalue weighted by Crippen LogP contribution is 2.72. The summed E-state index contributed by atoms with van der Waals surface area (Å²) >= 11 is 3.36. The molecule has 0 bridgehead atoms. The molecule has 1 heterocycles. The Labute approximate surface area is 260 Å². The molecule has 0 saturated heterocycles. The molecule has 7 atom stereocenters. The summed E-state index contributed by atoms with van der Waals surface area (Å²) in [6.45, 7) is 5.63. The topological polar surface area (TPSA) is 63.1 Å². The van der Waals surface area contributed by atoms with Gasteiger partial charge in [-0.15, -0.1) is 10.2 Å². The zero-order valence-corrected chi connectivity index (χ0v) is 27.1. The van der Waals surface area contributed by atoms with Crippen molar-refractivity contribution in [3.63, 3.8) is 0 Å². The van der Waals surface area contributed by atoms with E-state index in [1.54, 1.807) is 23.1 Å². The third-order valence-electron chi connectivity index (χ3n) is 11.9. The van der Waals surface area contributed by atoms with Gasteiger partial charge in [0.05, 0.1) is 0 Å². The molecule has 3 fully saturated rings. The average molecular weight is 649 g/mol. The van der Waals surface area contributed by atoms with Crippen LogP contribution in [0.1, 0.15) is 109 Å². The molecule has 4 nitrogen and oxygen atoms in total. The van der Waals surface area contributed by atoms with Crippen molar-refractivity contribution in [2.45, 2.75) is 133 Å². The number of aliphatic hydroxyl groups is 1. The number of thioether (sulfide) groups is 1. The van der Waals surface area contributed by atoms with E-state index in [-0.39, 0.29) is 41.8 Å². The zero-order valence-electron chi connectivity index (χ0n) is 25.4. The van der Waals surface area contributed by atoms with E-state index in [0.717, 1.165) is 65.6 Å². The molecule has 0 aromatic carbocycles. The van der Waals surface area contributed by atoms with Crippen LogP contribution in [0.3, 0.4) is 0 Å². The molecule has 43 heavy (non-hydrogen) atoms. The molecule has 242 valence electrons. The molecule has 3 saturated carbocycles. The van der Waals surface area contributed by atoms with Crippen LogP contribution in [0.25, 0.3) is 0 Å². The Kier molecular flexibility index (Phi) is 9.50. The van der Waals surface area contributed by atoms with Gasteiger partial charge in [0, 0.05) is 17.6 Å². The number of ketones is 1. The predicted molar refractivity (Wildman–Crippen MR) is 159 cm³/mol. The Morgan fingerprint density at radius 1 is 0.977 bits per heavy atom. The third-order valence-corrected chi connectivity index (χ3v) is 13.9. The quantitative estimate of drug-likeness (QED) is 0.147. The maximum Gasteiger partial charge on any atom is 0.456 e. The maximum atomic E-state index is 15.0. The van der Waals surface area contributed by atoms with Crippen molar-refractivity contribution in [2.75, 3.05) is 5.75 Å². The molecule has 1 aromatic heterocycles. The number of hydrogen-bond donors (Lipinski definition) is 1. The summed E-state index contributed by atoms with van der Waals surface area (Å²) in [4.78, 5) is 12.4. The summed E-state index contributed by atoms with van der Waals surface area (Å²) in [5, 5.41) is 20.4. The standard InChI is InChI=1S/C32H45F5N2O2S2/c1-20-38-39-27(43-20)42-17-9-7-5-4-6-8-10-21-18-22-19-23(40)11-14-28(22,2)24-12-15-29(3)25(26(21)24)13-16-30(29,41)31(33,34)32(35,36)37/h19,21,24-26,41H,4-18H2,1-3H3/t21?,24-,25+,26-,28+,29+,30?/m1/s1. The second kappa shape index (κ2) is 12.3. The lowest BCUT2D eigenvalue weighted by Gasteiger charge is -2.62. The summed E-state index contributed by atoms with van der Waals surface area (Å²) in [6, 6.07) is 0. The van der Waals surface area contributed by atoms with E-state index in [9.17, 15) is 23.1 Å². The molecule has 11 heteroatoms. The van der Waals surface area contributed by atoms with Crippen LogP contribution in [-0.2, 0) is 4.79 Å². The second-order valence-corrected chi connectivity index (χ2v) is 16.6. The maximum absolute atomic E-state index is 15.0. The molecule has 1 N–H and O–H groups in total. The number of aromatic nitrogens is 2. The van der Waals surface area contributed by atoms with Gasteiger partial charge in [0.15, 0.2) is 10.1 Å². The van der Waals surface area contributed by atoms with Gasteiger partial charge in [-0.2, -0.15) is 22.0 Å². The number of hydrogen-bond acceptors (Lipinski definition) is 6. The summed E-state index contributed by atoms with van der Waals surface area (Å²) in [6.07, 6.45) is 5.51. The fourth-order valence-corrected chi connectivity index (χ4v) is 11.4.